The Labute approximate surface area is 188 Å². The zero-order valence-electron chi connectivity index (χ0n) is 18.4. The van der Waals surface area contributed by atoms with E-state index in [1.165, 1.54) is 7.11 Å². The van der Waals surface area contributed by atoms with Crippen molar-refractivity contribution in [3.8, 4) is 11.5 Å². The van der Waals surface area contributed by atoms with Crippen molar-refractivity contribution in [2.24, 2.45) is 0 Å². The third kappa shape index (κ3) is 6.33. The second kappa shape index (κ2) is 11.9. The molecule has 0 spiro atoms. The number of nitrogens with one attached hydrogen (secondary N) is 1. The van der Waals surface area contributed by atoms with E-state index in [0.29, 0.717) is 23.6 Å². The topological polar surface area (TPSA) is 77.0 Å². The van der Waals surface area contributed by atoms with Crippen LogP contribution in [0, 0.1) is 0 Å². The van der Waals surface area contributed by atoms with Crippen LogP contribution in [0.15, 0.2) is 78.9 Å². The summed E-state index contributed by atoms with van der Waals surface area (Å²) >= 11 is 0. The van der Waals surface area contributed by atoms with Crippen molar-refractivity contribution in [3.63, 3.8) is 0 Å². The van der Waals surface area contributed by atoms with Crippen molar-refractivity contribution in [2.45, 2.75) is 19.1 Å². The van der Waals surface area contributed by atoms with Gasteiger partial charge in [-0.05, 0) is 36.2 Å². The molecule has 2 N–H and O–H groups in total. The number of hydrogen-bond donors (Lipinski definition) is 2. The lowest BCUT2D eigenvalue weighted by Crippen LogP contribution is -2.34. The molecule has 3 aromatic carbocycles. The number of aliphatic hydroxyl groups excluding tert-OH is 1. The first-order valence-corrected chi connectivity index (χ1v) is 10.6. The molecule has 0 aliphatic heterocycles. The number of aliphatic hydroxyl groups is 1. The number of methoxy groups -OCH3 is 1. The first kappa shape index (κ1) is 23.3. The summed E-state index contributed by atoms with van der Waals surface area (Å²) in [5.41, 5.74) is 2.58. The van der Waals surface area contributed by atoms with Crippen LogP contribution in [-0.4, -0.2) is 44.0 Å². The molecule has 0 aliphatic rings. The number of carbonyl (C=O) groups excluding carboxylic acids is 1. The number of esters is 1. The molecule has 0 aromatic heterocycles. The summed E-state index contributed by atoms with van der Waals surface area (Å²) in [6.45, 7) is 2.38. The van der Waals surface area contributed by atoms with E-state index in [9.17, 15) is 9.90 Å². The van der Waals surface area contributed by atoms with Gasteiger partial charge in [-0.2, -0.15) is 0 Å². The van der Waals surface area contributed by atoms with Gasteiger partial charge in [0.15, 0.2) is 11.5 Å². The molecule has 6 heteroatoms. The predicted molar refractivity (Wildman–Crippen MR) is 123 cm³/mol. The molecule has 1 atom stereocenters. The molecule has 3 aromatic rings. The summed E-state index contributed by atoms with van der Waals surface area (Å²) in [6.07, 6.45) is -0.777. The zero-order chi connectivity index (χ0) is 22.8. The molecule has 0 aliphatic carbocycles. The Balaban J connectivity index is 1.64. The second-order valence-electron chi connectivity index (χ2n) is 7.21. The standard InChI is InChI=1S/C26H29NO5/c1-3-31-26(29)21-14-15-23(30-2)24(16-21)32-18-22(28)17-27-25(19-10-6-4-7-11-19)20-12-8-5-9-13-20/h4-16,22,25,27-28H,3,17-18H2,1-2H3. The van der Waals surface area contributed by atoms with Gasteiger partial charge in [-0.25, -0.2) is 4.79 Å². The van der Waals surface area contributed by atoms with Crippen LogP contribution in [0.25, 0.3) is 0 Å². The van der Waals surface area contributed by atoms with Crippen molar-refractivity contribution >= 4 is 5.97 Å². The highest BCUT2D eigenvalue weighted by Crippen LogP contribution is 2.28. The molecular weight excluding hydrogens is 406 g/mol. The van der Waals surface area contributed by atoms with E-state index in [1.54, 1.807) is 25.1 Å². The van der Waals surface area contributed by atoms with Gasteiger partial charge in [0, 0.05) is 6.54 Å². The number of rotatable bonds is 11. The van der Waals surface area contributed by atoms with Crippen LogP contribution in [0.2, 0.25) is 0 Å². The Kier molecular flexibility index (Phi) is 8.66. The molecule has 168 valence electrons. The van der Waals surface area contributed by atoms with Crippen molar-refractivity contribution < 1.29 is 24.1 Å². The molecule has 0 bridgehead atoms. The third-order valence-electron chi connectivity index (χ3n) is 4.93. The van der Waals surface area contributed by atoms with Gasteiger partial charge in [0.1, 0.15) is 12.7 Å². The first-order valence-electron chi connectivity index (χ1n) is 10.6. The Bertz CT molecular complexity index is 939. The summed E-state index contributed by atoms with van der Waals surface area (Å²) in [5.74, 6) is 0.417. The highest BCUT2D eigenvalue weighted by Gasteiger charge is 2.17. The summed E-state index contributed by atoms with van der Waals surface area (Å²) in [4.78, 5) is 12.0. The van der Waals surface area contributed by atoms with Crippen molar-refractivity contribution in [1.29, 1.82) is 0 Å². The van der Waals surface area contributed by atoms with Crippen molar-refractivity contribution in [3.05, 3.63) is 95.6 Å². The van der Waals surface area contributed by atoms with Gasteiger partial charge in [0.25, 0.3) is 0 Å². The van der Waals surface area contributed by atoms with Crippen LogP contribution < -0.4 is 14.8 Å². The molecular formula is C26H29NO5. The van der Waals surface area contributed by atoms with Crippen LogP contribution in [-0.2, 0) is 4.74 Å². The number of ether oxygens (including phenoxy) is 3. The van der Waals surface area contributed by atoms with Gasteiger partial charge in [-0.3, -0.25) is 0 Å². The van der Waals surface area contributed by atoms with Crippen LogP contribution in [0.5, 0.6) is 11.5 Å². The molecule has 0 amide bonds. The molecule has 6 nitrogen and oxygen atoms in total. The summed E-state index contributed by atoms with van der Waals surface area (Å²) in [6, 6.07) is 24.9. The van der Waals surface area contributed by atoms with E-state index in [1.807, 2.05) is 36.4 Å². The lowest BCUT2D eigenvalue weighted by molar-refractivity contribution is 0.0525. The highest BCUT2D eigenvalue weighted by atomic mass is 16.5. The molecule has 32 heavy (non-hydrogen) atoms. The maximum atomic E-state index is 12.0. The molecule has 1 unspecified atom stereocenters. The van der Waals surface area contributed by atoms with Gasteiger partial charge >= 0.3 is 5.97 Å². The van der Waals surface area contributed by atoms with Crippen molar-refractivity contribution in [2.75, 3.05) is 26.9 Å². The van der Waals surface area contributed by atoms with Gasteiger partial charge < -0.3 is 24.6 Å². The van der Waals surface area contributed by atoms with Crippen LogP contribution in [0.1, 0.15) is 34.5 Å². The van der Waals surface area contributed by atoms with Gasteiger partial charge in [-0.15, -0.1) is 0 Å². The van der Waals surface area contributed by atoms with E-state index < -0.39 is 12.1 Å². The van der Waals surface area contributed by atoms with Gasteiger partial charge in [-0.1, -0.05) is 60.7 Å². The van der Waals surface area contributed by atoms with Gasteiger partial charge in [0.05, 0.1) is 25.3 Å². The van der Waals surface area contributed by atoms with E-state index in [4.69, 9.17) is 14.2 Å². The molecule has 0 radical (unpaired) electrons. The molecule has 0 saturated heterocycles. The van der Waals surface area contributed by atoms with E-state index in [-0.39, 0.29) is 19.3 Å². The van der Waals surface area contributed by atoms with Crippen LogP contribution in [0.4, 0.5) is 0 Å². The predicted octanol–water partition coefficient (Wildman–Crippen LogP) is 3.99. The molecule has 0 heterocycles. The van der Waals surface area contributed by atoms with E-state index in [0.717, 1.165) is 11.1 Å². The molecule has 0 fully saturated rings. The number of benzene rings is 3. The summed E-state index contributed by atoms with van der Waals surface area (Å²) < 4.78 is 16.1. The average molecular weight is 436 g/mol. The fourth-order valence-electron chi connectivity index (χ4n) is 3.35. The quantitative estimate of drug-likeness (QED) is 0.444. The van der Waals surface area contributed by atoms with E-state index in [2.05, 4.69) is 29.6 Å². The summed E-state index contributed by atoms with van der Waals surface area (Å²) in [7, 11) is 1.52. The number of carbonyl (C=O) groups is 1. The SMILES string of the molecule is CCOC(=O)c1ccc(OC)c(OCC(O)CNC(c2ccccc2)c2ccccc2)c1. The smallest absolute Gasteiger partial charge is 0.338 e. The Morgan fingerprint density at radius 2 is 1.56 bits per heavy atom. The normalized spacial score (nSPS) is 11.8. The minimum atomic E-state index is -0.777. The maximum Gasteiger partial charge on any atom is 0.338 e. The maximum absolute atomic E-state index is 12.0. The Morgan fingerprint density at radius 1 is 0.938 bits per heavy atom. The average Bonchev–Trinajstić information content (AvgIpc) is 2.84. The third-order valence-corrected chi connectivity index (χ3v) is 4.93. The minimum Gasteiger partial charge on any atom is -0.493 e. The largest absolute Gasteiger partial charge is 0.493 e. The number of hydrogen-bond acceptors (Lipinski definition) is 6. The van der Waals surface area contributed by atoms with Crippen molar-refractivity contribution in [1.82, 2.24) is 5.32 Å². The fraction of sp³-hybridized carbons (Fsp3) is 0.269. The molecule has 0 saturated carbocycles. The van der Waals surface area contributed by atoms with Gasteiger partial charge in [0.2, 0.25) is 0 Å². The summed E-state index contributed by atoms with van der Waals surface area (Å²) in [5, 5.41) is 14.0. The minimum absolute atomic E-state index is 0.0337. The molecule has 3 rings (SSSR count). The lowest BCUT2D eigenvalue weighted by atomic mass is 9.98. The van der Waals surface area contributed by atoms with Crippen LogP contribution in [0.3, 0.4) is 0 Å². The Hall–Kier alpha value is -3.35. The first-order chi connectivity index (χ1) is 15.6. The zero-order valence-corrected chi connectivity index (χ0v) is 18.4. The lowest BCUT2D eigenvalue weighted by Gasteiger charge is -2.22. The fourth-order valence-corrected chi connectivity index (χ4v) is 3.35. The van der Waals surface area contributed by atoms with Crippen LogP contribution >= 0.6 is 0 Å². The Morgan fingerprint density at radius 3 is 2.12 bits per heavy atom. The monoisotopic (exact) mass is 435 g/mol. The highest BCUT2D eigenvalue weighted by molar-refractivity contribution is 5.90. The van der Waals surface area contributed by atoms with E-state index >= 15 is 0 Å². The second-order valence-corrected chi connectivity index (χ2v) is 7.21.